The number of aromatic nitrogens is 6. The summed E-state index contributed by atoms with van der Waals surface area (Å²) in [5.41, 5.74) is 1.94. The number of nitrogens with zero attached hydrogens (tertiary/aromatic N) is 5. The van der Waals surface area contributed by atoms with Gasteiger partial charge in [-0.25, -0.2) is 9.67 Å². The van der Waals surface area contributed by atoms with Crippen LogP contribution in [0.15, 0.2) is 24.5 Å². The first-order valence-electron chi connectivity index (χ1n) is 7.22. The minimum Gasteiger partial charge on any atom is -0.342 e. The van der Waals surface area contributed by atoms with Gasteiger partial charge >= 0.3 is 0 Å². The highest BCUT2D eigenvalue weighted by Gasteiger charge is 2.19. The number of hydrogen-bond acceptors (Lipinski definition) is 5. The Balaban J connectivity index is 1.82. The summed E-state index contributed by atoms with van der Waals surface area (Å²) in [7, 11) is 0. The summed E-state index contributed by atoms with van der Waals surface area (Å²) in [5, 5.41) is 17.7. The molecule has 22 heavy (non-hydrogen) atoms. The fourth-order valence-electron chi connectivity index (χ4n) is 2.36. The number of carbonyl (C=O) groups excluding carboxylic acids is 1. The summed E-state index contributed by atoms with van der Waals surface area (Å²) in [4.78, 5) is 16.7. The number of aryl methyl sites for hydroxylation is 1. The van der Waals surface area contributed by atoms with Gasteiger partial charge in [0.25, 0.3) is 5.91 Å². The normalized spacial score (nSPS) is 12.5. The smallest absolute Gasteiger partial charge is 0.251 e. The molecule has 3 rings (SSSR count). The molecular formula is C14H17N7O. The van der Waals surface area contributed by atoms with Gasteiger partial charge in [0.05, 0.1) is 6.04 Å². The second-order valence-corrected chi connectivity index (χ2v) is 4.90. The van der Waals surface area contributed by atoms with E-state index in [4.69, 9.17) is 0 Å². The zero-order valence-corrected chi connectivity index (χ0v) is 12.4. The minimum atomic E-state index is -0.178. The number of aromatic amines is 1. The third kappa shape index (κ3) is 2.54. The summed E-state index contributed by atoms with van der Waals surface area (Å²) < 4.78 is 1.79. The largest absolute Gasteiger partial charge is 0.342 e. The number of fused-ring (bicyclic) bond motifs is 1. The second-order valence-electron chi connectivity index (χ2n) is 4.90. The van der Waals surface area contributed by atoms with Crippen molar-refractivity contribution in [1.82, 2.24) is 35.5 Å². The van der Waals surface area contributed by atoms with Crippen molar-refractivity contribution < 1.29 is 4.79 Å². The highest BCUT2D eigenvalue weighted by molar-refractivity contribution is 5.97. The van der Waals surface area contributed by atoms with Crippen LogP contribution in [0.1, 0.15) is 42.5 Å². The molecule has 8 heteroatoms. The number of hydrogen-bond donors (Lipinski definition) is 2. The number of H-pyrrole nitrogens is 1. The van der Waals surface area contributed by atoms with Crippen LogP contribution in [0.5, 0.6) is 0 Å². The van der Waals surface area contributed by atoms with Gasteiger partial charge in [0.15, 0.2) is 0 Å². The molecule has 0 fully saturated rings. The van der Waals surface area contributed by atoms with Crippen molar-refractivity contribution in [2.45, 2.75) is 32.9 Å². The van der Waals surface area contributed by atoms with Gasteiger partial charge in [-0.2, -0.15) is 20.5 Å². The number of amides is 1. The van der Waals surface area contributed by atoms with E-state index in [1.165, 1.54) is 6.33 Å². The van der Waals surface area contributed by atoms with Crippen molar-refractivity contribution in [2.75, 3.05) is 0 Å². The van der Waals surface area contributed by atoms with E-state index in [-0.39, 0.29) is 11.9 Å². The Labute approximate surface area is 126 Å². The standard InChI is InChI=1S/C14H17N7O/c1-3-10(13-15-8-16-21(13)4-2)17-14(22)9-5-6-11-12(7-9)19-20-18-11/h5-8,10H,3-4H2,1-2H3,(H,17,22)(H,18,19,20)/t10-/m0/s1. The second kappa shape index (κ2) is 5.92. The molecule has 1 amide bonds. The molecule has 0 bridgehead atoms. The summed E-state index contributed by atoms with van der Waals surface area (Å²) >= 11 is 0. The molecule has 114 valence electrons. The summed E-state index contributed by atoms with van der Waals surface area (Å²) in [5.74, 6) is 0.600. The van der Waals surface area contributed by atoms with Crippen molar-refractivity contribution in [3.05, 3.63) is 35.9 Å². The average Bonchev–Trinajstić information content (AvgIpc) is 3.19. The molecule has 0 radical (unpaired) electrons. The fourth-order valence-corrected chi connectivity index (χ4v) is 2.36. The third-order valence-electron chi connectivity index (χ3n) is 3.55. The molecule has 0 saturated heterocycles. The highest BCUT2D eigenvalue weighted by Crippen LogP contribution is 2.16. The zero-order valence-electron chi connectivity index (χ0n) is 12.4. The van der Waals surface area contributed by atoms with Crippen LogP contribution >= 0.6 is 0 Å². The van der Waals surface area contributed by atoms with E-state index in [1.807, 2.05) is 13.8 Å². The lowest BCUT2D eigenvalue weighted by Crippen LogP contribution is -2.30. The van der Waals surface area contributed by atoms with E-state index in [0.717, 1.165) is 17.8 Å². The van der Waals surface area contributed by atoms with Crippen LogP contribution in [0.2, 0.25) is 0 Å². The van der Waals surface area contributed by atoms with Crippen LogP contribution in [-0.4, -0.2) is 36.1 Å². The van der Waals surface area contributed by atoms with Crippen molar-refractivity contribution in [1.29, 1.82) is 0 Å². The lowest BCUT2D eigenvalue weighted by molar-refractivity contribution is 0.0933. The van der Waals surface area contributed by atoms with Gasteiger partial charge in [-0.15, -0.1) is 0 Å². The van der Waals surface area contributed by atoms with E-state index in [0.29, 0.717) is 17.6 Å². The number of nitrogens with one attached hydrogen (secondary N) is 2. The molecule has 1 aromatic carbocycles. The highest BCUT2D eigenvalue weighted by atomic mass is 16.1. The molecule has 0 aliphatic carbocycles. The predicted octanol–water partition coefficient (Wildman–Crippen LogP) is 1.45. The van der Waals surface area contributed by atoms with Crippen LogP contribution in [0.3, 0.4) is 0 Å². The van der Waals surface area contributed by atoms with Crippen LogP contribution in [-0.2, 0) is 6.54 Å². The SMILES string of the molecule is CC[C@H](NC(=O)c1ccc2n[nH]nc2c1)c1ncnn1CC. The molecule has 0 unspecified atom stereocenters. The van der Waals surface area contributed by atoms with Crippen LogP contribution in [0, 0.1) is 0 Å². The van der Waals surface area contributed by atoms with E-state index >= 15 is 0 Å². The van der Waals surface area contributed by atoms with Gasteiger partial charge < -0.3 is 5.32 Å². The molecule has 8 nitrogen and oxygen atoms in total. The molecule has 2 heterocycles. The molecule has 0 aliphatic heterocycles. The van der Waals surface area contributed by atoms with Crippen LogP contribution in [0.25, 0.3) is 11.0 Å². The summed E-state index contributed by atoms with van der Waals surface area (Å²) in [6.45, 7) is 4.71. The van der Waals surface area contributed by atoms with Gasteiger partial charge in [-0.1, -0.05) is 6.92 Å². The molecule has 0 saturated carbocycles. The first kappa shape index (κ1) is 14.2. The van der Waals surface area contributed by atoms with E-state index in [1.54, 1.807) is 22.9 Å². The fraction of sp³-hybridized carbons (Fsp3) is 0.357. The molecular weight excluding hydrogens is 282 g/mol. The number of rotatable bonds is 5. The maximum atomic E-state index is 12.4. The van der Waals surface area contributed by atoms with Gasteiger partial charge in [0.1, 0.15) is 23.2 Å². The Hall–Kier alpha value is -2.77. The Morgan fingerprint density at radius 3 is 2.91 bits per heavy atom. The summed E-state index contributed by atoms with van der Waals surface area (Å²) in [6, 6.07) is 5.04. The predicted molar refractivity (Wildman–Crippen MR) is 80.1 cm³/mol. The monoisotopic (exact) mass is 299 g/mol. The first-order chi connectivity index (χ1) is 10.7. The Morgan fingerprint density at radius 1 is 1.32 bits per heavy atom. The Kier molecular flexibility index (Phi) is 3.82. The van der Waals surface area contributed by atoms with Gasteiger partial charge in [0.2, 0.25) is 0 Å². The quantitative estimate of drug-likeness (QED) is 0.742. The average molecular weight is 299 g/mol. The van der Waals surface area contributed by atoms with E-state index in [2.05, 4.69) is 30.8 Å². The van der Waals surface area contributed by atoms with Crippen molar-refractivity contribution in [2.24, 2.45) is 0 Å². The zero-order chi connectivity index (χ0) is 15.5. The molecule has 1 atom stereocenters. The first-order valence-corrected chi connectivity index (χ1v) is 7.22. The van der Waals surface area contributed by atoms with Crippen molar-refractivity contribution >= 4 is 16.9 Å². The molecule has 0 spiro atoms. The maximum absolute atomic E-state index is 12.4. The van der Waals surface area contributed by atoms with Crippen LogP contribution < -0.4 is 5.32 Å². The van der Waals surface area contributed by atoms with Gasteiger partial charge in [0, 0.05) is 12.1 Å². The number of benzene rings is 1. The Bertz CT molecular complexity index is 791. The van der Waals surface area contributed by atoms with Crippen LogP contribution in [0.4, 0.5) is 0 Å². The minimum absolute atomic E-state index is 0.164. The topological polar surface area (TPSA) is 101 Å². The maximum Gasteiger partial charge on any atom is 0.251 e. The van der Waals surface area contributed by atoms with Crippen molar-refractivity contribution in [3.63, 3.8) is 0 Å². The lowest BCUT2D eigenvalue weighted by atomic mass is 10.1. The van der Waals surface area contributed by atoms with Crippen molar-refractivity contribution in [3.8, 4) is 0 Å². The molecule has 2 aromatic heterocycles. The summed E-state index contributed by atoms with van der Waals surface area (Å²) in [6.07, 6.45) is 2.24. The van der Waals surface area contributed by atoms with Gasteiger partial charge in [-0.3, -0.25) is 4.79 Å². The molecule has 2 N–H and O–H groups in total. The Morgan fingerprint density at radius 2 is 2.14 bits per heavy atom. The molecule has 3 aromatic rings. The third-order valence-corrected chi connectivity index (χ3v) is 3.55. The molecule has 0 aliphatic rings. The number of carbonyl (C=O) groups is 1. The lowest BCUT2D eigenvalue weighted by Gasteiger charge is -2.16. The van der Waals surface area contributed by atoms with E-state index in [9.17, 15) is 4.79 Å². The van der Waals surface area contributed by atoms with E-state index < -0.39 is 0 Å². The van der Waals surface area contributed by atoms with Gasteiger partial charge in [-0.05, 0) is 31.5 Å².